The molecule has 0 spiro atoms. The van der Waals surface area contributed by atoms with Crippen molar-refractivity contribution in [2.75, 3.05) is 5.32 Å². The molecule has 2 aliphatic carbocycles. The first kappa shape index (κ1) is 10.6. The average molecular weight is 231 g/mol. The fourth-order valence-corrected chi connectivity index (χ4v) is 2.51. The Morgan fingerprint density at radius 1 is 1.24 bits per heavy atom. The van der Waals surface area contributed by atoms with Gasteiger partial charge in [-0.3, -0.25) is 4.79 Å². The molecule has 2 fully saturated rings. The molecule has 0 atom stereocenters. The van der Waals surface area contributed by atoms with E-state index in [0.717, 1.165) is 30.5 Å². The lowest BCUT2D eigenvalue weighted by atomic mass is 9.64. The lowest BCUT2D eigenvalue weighted by Crippen LogP contribution is -2.42. The monoisotopic (exact) mass is 231 g/mol. The molecule has 0 bridgehead atoms. The second-order valence-corrected chi connectivity index (χ2v) is 5.24. The van der Waals surface area contributed by atoms with Gasteiger partial charge in [-0.1, -0.05) is 18.6 Å². The van der Waals surface area contributed by atoms with Crippen LogP contribution in [0.5, 0.6) is 0 Å². The van der Waals surface area contributed by atoms with E-state index in [4.69, 9.17) is 0 Å². The highest BCUT2D eigenvalue weighted by atomic mass is 16.4. The number of carboxylic acids is 1. The molecule has 0 heterocycles. The maximum absolute atomic E-state index is 11.4. The molecule has 2 N–H and O–H groups in total. The molecule has 0 saturated heterocycles. The van der Waals surface area contributed by atoms with Gasteiger partial charge in [-0.15, -0.1) is 0 Å². The summed E-state index contributed by atoms with van der Waals surface area (Å²) in [5, 5.41) is 12.8. The summed E-state index contributed by atoms with van der Waals surface area (Å²) in [6.45, 7) is 0. The fraction of sp³-hybridized carbons (Fsp3) is 0.500. The van der Waals surface area contributed by atoms with Crippen LogP contribution in [0, 0.1) is 0 Å². The number of aliphatic carboxylic acids is 1. The topological polar surface area (TPSA) is 49.3 Å². The maximum Gasteiger partial charge on any atom is 0.314 e. The predicted octanol–water partition coefficient (Wildman–Crippen LogP) is 2.77. The highest BCUT2D eigenvalue weighted by Gasteiger charge is 2.45. The van der Waals surface area contributed by atoms with Crippen molar-refractivity contribution in [3.8, 4) is 0 Å². The molecular formula is C14H17NO2. The summed E-state index contributed by atoms with van der Waals surface area (Å²) in [4.78, 5) is 11.4. The summed E-state index contributed by atoms with van der Waals surface area (Å²) in [6, 6.07) is 8.60. The smallest absolute Gasteiger partial charge is 0.314 e. The molecule has 2 saturated carbocycles. The van der Waals surface area contributed by atoms with Gasteiger partial charge in [-0.05, 0) is 43.4 Å². The third-order valence-corrected chi connectivity index (χ3v) is 4.00. The van der Waals surface area contributed by atoms with Crippen LogP contribution in [0.15, 0.2) is 24.3 Å². The first-order chi connectivity index (χ1) is 8.21. The number of rotatable bonds is 4. The van der Waals surface area contributed by atoms with Crippen molar-refractivity contribution in [1.29, 1.82) is 0 Å². The predicted molar refractivity (Wildman–Crippen MR) is 66.3 cm³/mol. The van der Waals surface area contributed by atoms with Crippen LogP contribution >= 0.6 is 0 Å². The molecule has 17 heavy (non-hydrogen) atoms. The average Bonchev–Trinajstić information content (AvgIpc) is 3.02. The van der Waals surface area contributed by atoms with E-state index in [-0.39, 0.29) is 0 Å². The maximum atomic E-state index is 11.4. The Hall–Kier alpha value is -1.51. The fourth-order valence-electron chi connectivity index (χ4n) is 2.51. The van der Waals surface area contributed by atoms with Crippen molar-refractivity contribution in [1.82, 2.24) is 0 Å². The third kappa shape index (κ3) is 1.79. The number of hydrogen-bond donors (Lipinski definition) is 2. The summed E-state index contributed by atoms with van der Waals surface area (Å²) < 4.78 is 0. The van der Waals surface area contributed by atoms with E-state index in [1.807, 2.05) is 24.3 Å². The van der Waals surface area contributed by atoms with Crippen molar-refractivity contribution in [3.05, 3.63) is 29.8 Å². The SMILES string of the molecule is O=C(O)C1(c2ccc(NC3CC3)cc2)CCC1. The summed E-state index contributed by atoms with van der Waals surface area (Å²) in [7, 11) is 0. The standard InChI is InChI=1S/C14H17NO2/c16-13(17)14(8-1-9-14)10-2-4-11(5-3-10)15-12-6-7-12/h2-5,12,15H,1,6-9H2,(H,16,17). The van der Waals surface area contributed by atoms with E-state index in [1.54, 1.807) is 0 Å². The molecule has 0 unspecified atom stereocenters. The number of nitrogens with one attached hydrogen (secondary N) is 1. The summed E-state index contributed by atoms with van der Waals surface area (Å²) in [6.07, 6.45) is 5.07. The Morgan fingerprint density at radius 3 is 2.29 bits per heavy atom. The summed E-state index contributed by atoms with van der Waals surface area (Å²) in [5.74, 6) is -0.674. The van der Waals surface area contributed by atoms with Gasteiger partial charge in [0.15, 0.2) is 0 Å². The zero-order valence-corrected chi connectivity index (χ0v) is 9.78. The van der Waals surface area contributed by atoms with Gasteiger partial charge in [-0.2, -0.15) is 0 Å². The van der Waals surface area contributed by atoms with Gasteiger partial charge < -0.3 is 10.4 Å². The van der Waals surface area contributed by atoms with Crippen molar-refractivity contribution in [2.24, 2.45) is 0 Å². The van der Waals surface area contributed by atoms with Crippen LogP contribution in [-0.4, -0.2) is 17.1 Å². The van der Waals surface area contributed by atoms with E-state index in [0.29, 0.717) is 6.04 Å². The van der Waals surface area contributed by atoms with Gasteiger partial charge in [0.25, 0.3) is 0 Å². The molecule has 1 aromatic carbocycles. The van der Waals surface area contributed by atoms with Crippen LogP contribution in [0.25, 0.3) is 0 Å². The van der Waals surface area contributed by atoms with Crippen molar-refractivity contribution in [3.63, 3.8) is 0 Å². The third-order valence-electron chi connectivity index (χ3n) is 4.00. The Labute approximate surface area is 101 Å². The van der Waals surface area contributed by atoms with Gasteiger partial charge in [-0.25, -0.2) is 0 Å². The van der Waals surface area contributed by atoms with Crippen LogP contribution in [-0.2, 0) is 10.2 Å². The first-order valence-corrected chi connectivity index (χ1v) is 6.31. The van der Waals surface area contributed by atoms with Crippen LogP contribution in [0.2, 0.25) is 0 Å². The molecule has 2 aliphatic rings. The zero-order chi connectivity index (χ0) is 11.9. The van der Waals surface area contributed by atoms with Gasteiger partial charge in [0.05, 0.1) is 5.41 Å². The van der Waals surface area contributed by atoms with Crippen LogP contribution in [0.3, 0.4) is 0 Å². The van der Waals surface area contributed by atoms with Crippen molar-refractivity contribution < 1.29 is 9.90 Å². The number of benzene rings is 1. The molecule has 0 aromatic heterocycles. The molecule has 3 nitrogen and oxygen atoms in total. The molecule has 0 amide bonds. The largest absolute Gasteiger partial charge is 0.481 e. The number of carboxylic acid groups (broad SMARTS) is 1. The highest BCUT2D eigenvalue weighted by Crippen LogP contribution is 2.44. The number of anilines is 1. The van der Waals surface area contributed by atoms with Gasteiger partial charge in [0, 0.05) is 11.7 Å². The van der Waals surface area contributed by atoms with Gasteiger partial charge >= 0.3 is 5.97 Å². The molecule has 90 valence electrons. The Balaban J connectivity index is 1.80. The number of carbonyl (C=O) groups is 1. The van der Waals surface area contributed by atoms with E-state index in [2.05, 4.69) is 5.32 Å². The second kappa shape index (κ2) is 3.76. The highest BCUT2D eigenvalue weighted by molar-refractivity contribution is 5.82. The number of hydrogen-bond acceptors (Lipinski definition) is 2. The van der Waals surface area contributed by atoms with Crippen molar-refractivity contribution in [2.45, 2.75) is 43.6 Å². The van der Waals surface area contributed by atoms with Gasteiger partial charge in [0.2, 0.25) is 0 Å². The Kier molecular flexibility index (Phi) is 2.35. The van der Waals surface area contributed by atoms with Crippen molar-refractivity contribution >= 4 is 11.7 Å². The molecule has 0 aliphatic heterocycles. The Morgan fingerprint density at radius 2 is 1.88 bits per heavy atom. The first-order valence-electron chi connectivity index (χ1n) is 6.31. The van der Waals surface area contributed by atoms with E-state index in [1.165, 1.54) is 12.8 Å². The summed E-state index contributed by atoms with van der Waals surface area (Å²) in [5.41, 5.74) is 1.46. The lowest BCUT2D eigenvalue weighted by molar-refractivity contribution is -0.147. The minimum atomic E-state index is -0.674. The molecule has 0 radical (unpaired) electrons. The van der Waals surface area contributed by atoms with E-state index in [9.17, 15) is 9.90 Å². The van der Waals surface area contributed by atoms with E-state index >= 15 is 0 Å². The molecule has 3 heteroatoms. The van der Waals surface area contributed by atoms with Crippen LogP contribution < -0.4 is 5.32 Å². The quantitative estimate of drug-likeness (QED) is 0.837. The Bertz CT molecular complexity index is 430. The normalized spacial score (nSPS) is 21.6. The van der Waals surface area contributed by atoms with E-state index < -0.39 is 11.4 Å². The second-order valence-electron chi connectivity index (χ2n) is 5.24. The molecular weight excluding hydrogens is 214 g/mol. The van der Waals surface area contributed by atoms with Crippen LogP contribution in [0.4, 0.5) is 5.69 Å². The minimum Gasteiger partial charge on any atom is -0.481 e. The molecule has 1 aromatic rings. The lowest BCUT2D eigenvalue weighted by Gasteiger charge is -2.38. The summed E-state index contributed by atoms with van der Waals surface area (Å²) >= 11 is 0. The molecule has 3 rings (SSSR count). The van der Waals surface area contributed by atoms with Crippen LogP contribution in [0.1, 0.15) is 37.7 Å². The minimum absolute atomic E-state index is 0.599. The zero-order valence-electron chi connectivity index (χ0n) is 9.78. The van der Waals surface area contributed by atoms with Gasteiger partial charge in [0.1, 0.15) is 0 Å².